The first-order chi connectivity index (χ1) is 25.0. The van der Waals surface area contributed by atoms with Crippen LogP contribution < -0.4 is 22.1 Å². The fourth-order valence-corrected chi connectivity index (χ4v) is 11.1. The Labute approximate surface area is 316 Å². The monoisotopic (exact) mass is 732 g/mol. The summed E-state index contributed by atoms with van der Waals surface area (Å²) in [5, 5.41) is 30.6. The molecule has 11 heteroatoms. The van der Waals surface area contributed by atoms with Gasteiger partial charge in [0.25, 0.3) is 0 Å². The van der Waals surface area contributed by atoms with Crippen LogP contribution in [0.4, 0.5) is 0 Å². The summed E-state index contributed by atoms with van der Waals surface area (Å²) in [7, 11) is 2.18. The predicted molar refractivity (Wildman–Crippen MR) is 209 cm³/mol. The molecule has 0 aromatic rings. The van der Waals surface area contributed by atoms with Gasteiger partial charge in [0, 0.05) is 30.7 Å². The molecule has 6 fully saturated rings. The summed E-state index contributed by atoms with van der Waals surface area (Å²) in [6.07, 6.45) is 19.6. The lowest BCUT2D eigenvalue weighted by Gasteiger charge is -2.46. The third-order valence-electron chi connectivity index (χ3n) is 14.7. The number of quaternary nitrogens is 1. The van der Waals surface area contributed by atoms with Gasteiger partial charge in [0.1, 0.15) is 30.6 Å². The van der Waals surface area contributed by atoms with E-state index >= 15 is 0 Å². The molecule has 3 aliphatic heterocycles. The summed E-state index contributed by atoms with van der Waals surface area (Å²) >= 11 is 0. The second-order valence-electron chi connectivity index (χ2n) is 18.3. The number of unbranched alkanes of at least 4 members (excludes halogenated alkanes) is 2. The number of allylic oxidation sites excluding steroid dienone is 1. The Bertz CT molecular complexity index is 1140. The van der Waals surface area contributed by atoms with Gasteiger partial charge in [-0.25, -0.2) is 4.90 Å². The van der Waals surface area contributed by atoms with Crippen molar-refractivity contribution in [3.05, 3.63) is 12.3 Å². The first kappa shape index (κ1) is 40.9. The molecule has 6 rings (SSSR count). The lowest BCUT2D eigenvalue weighted by molar-refractivity contribution is -0.897. The molecule has 7 unspecified atom stereocenters. The fourth-order valence-electron chi connectivity index (χ4n) is 11.1. The van der Waals surface area contributed by atoms with Crippen LogP contribution in [-0.2, 0) is 4.74 Å². The Balaban J connectivity index is 1.04. The third kappa shape index (κ3) is 8.65. The average molecular weight is 732 g/mol. The second kappa shape index (κ2) is 18.0. The fraction of sp³-hybridized carbons (Fsp3) is 0.951. The maximum absolute atomic E-state index is 11.5. The van der Waals surface area contributed by atoms with Crippen molar-refractivity contribution in [1.29, 1.82) is 0 Å². The highest BCUT2D eigenvalue weighted by Crippen LogP contribution is 2.45. The van der Waals surface area contributed by atoms with Gasteiger partial charge in [0.05, 0.1) is 38.8 Å². The normalized spacial score (nSPS) is 40.2. The van der Waals surface area contributed by atoms with Gasteiger partial charge in [-0.3, -0.25) is 24.9 Å². The predicted octanol–water partition coefficient (Wildman–Crippen LogP) is 3.65. The van der Waals surface area contributed by atoms with Gasteiger partial charge < -0.3 is 26.4 Å². The van der Waals surface area contributed by atoms with E-state index in [-0.39, 0.29) is 12.2 Å². The van der Waals surface area contributed by atoms with E-state index in [1.165, 1.54) is 90.0 Å². The molecule has 11 nitrogen and oxygen atoms in total. The highest BCUT2D eigenvalue weighted by atomic mass is 16.6. The highest BCUT2D eigenvalue weighted by Gasteiger charge is 2.56. The van der Waals surface area contributed by atoms with Crippen molar-refractivity contribution < 1.29 is 19.4 Å². The van der Waals surface area contributed by atoms with Crippen LogP contribution in [-0.4, -0.2) is 136 Å². The molecule has 11 atom stereocenters. The van der Waals surface area contributed by atoms with Crippen molar-refractivity contribution in [2.24, 2.45) is 29.2 Å². The van der Waals surface area contributed by atoms with Crippen molar-refractivity contribution in [1.82, 2.24) is 25.3 Å². The summed E-state index contributed by atoms with van der Waals surface area (Å²) in [6.45, 7) is 14.3. The Morgan fingerprint density at radius 3 is 2.38 bits per heavy atom. The molecule has 6 aliphatic rings. The Morgan fingerprint density at radius 1 is 0.981 bits per heavy atom. The topological polar surface area (TPSA) is 136 Å². The maximum Gasteiger partial charge on any atom is 0.171 e. The van der Waals surface area contributed by atoms with Crippen LogP contribution in [0, 0.1) is 17.8 Å². The molecule has 300 valence electrons. The van der Waals surface area contributed by atoms with Crippen molar-refractivity contribution in [3.63, 3.8) is 0 Å². The van der Waals surface area contributed by atoms with Gasteiger partial charge in [-0.05, 0) is 109 Å². The molecule has 0 aromatic heterocycles. The molecule has 0 radical (unpaired) electrons. The number of fused-ring (bicyclic) bond motifs is 1. The summed E-state index contributed by atoms with van der Waals surface area (Å²) in [5.41, 5.74) is 12.6. The standard InChI is InChI=1S/C41H79N8O3/c1-7-10-12-20-46-33-24-30(29-14-13-15-29)17-18-32(33)45-35(46)19-16-28-22-31(23-28)47(27(4)5)25-34-37(50)38(51)41(52-34)48-26-44-36(39(42)43)40(48)49(6,9-3)21-11-8-2/h11,21,27-41,44-45,50-51H,7-10,12-20,22-26,42-43H2,1-6H3/q+1/b21-11-/t28?,30?,31?,32?,33?,34-,35?,36?,37-,38-,40?,41-,49?/m1/s1. The van der Waals surface area contributed by atoms with E-state index in [0.717, 1.165) is 36.8 Å². The number of aliphatic hydroxyl groups excluding tert-OH is 2. The lowest BCUT2D eigenvalue weighted by atomic mass is 9.68. The van der Waals surface area contributed by atoms with Crippen molar-refractivity contribution in [2.75, 3.05) is 33.4 Å². The number of nitrogens with zero attached hydrogens (tertiary/aromatic N) is 4. The minimum atomic E-state index is -1.02. The summed E-state index contributed by atoms with van der Waals surface area (Å²) in [6, 6.07) is 2.07. The van der Waals surface area contributed by atoms with Gasteiger partial charge in [-0.1, -0.05) is 46.0 Å². The van der Waals surface area contributed by atoms with E-state index in [9.17, 15) is 10.2 Å². The van der Waals surface area contributed by atoms with Gasteiger partial charge in [-0.2, -0.15) is 0 Å². The number of rotatable bonds is 18. The molecule has 0 spiro atoms. The molecule has 0 aromatic carbocycles. The number of nitrogens with two attached hydrogens (primary N) is 2. The van der Waals surface area contributed by atoms with Gasteiger partial charge in [0.2, 0.25) is 0 Å². The van der Waals surface area contributed by atoms with Crippen molar-refractivity contribution in [2.45, 2.75) is 198 Å². The van der Waals surface area contributed by atoms with E-state index in [1.54, 1.807) is 0 Å². The summed E-state index contributed by atoms with van der Waals surface area (Å²) in [4.78, 5) is 7.61. The first-order valence-corrected chi connectivity index (χ1v) is 21.8. The number of aliphatic hydroxyl groups is 2. The zero-order chi connectivity index (χ0) is 37.2. The van der Waals surface area contributed by atoms with Crippen LogP contribution in [0.3, 0.4) is 0 Å². The molecular weight excluding hydrogens is 653 g/mol. The van der Waals surface area contributed by atoms with Crippen LogP contribution in [0.2, 0.25) is 0 Å². The third-order valence-corrected chi connectivity index (χ3v) is 14.7. The Kier molecular flexibility index (Phi) is 14.2. The zero-order valence-corrected chi connectivity index (χ0v) is 33.8. The minimum Gasteiger partial charge on any atom is -0.387 e. The smallest absolute Gasteiger partial charge is 0.171 e. The average Bonchev–Trinajstić information content (AvgIpc) is 3.76. The largest absolute Gasteiger partial charge is 0.387 e. The highest BCUT2D eigenvalue weighted by molar-refractivity contribution is 5.03. The molecular formula is C41H79N8O3+. The van der Waals surface area contributed by atoms with Crippen LogP contribution in [0.1, 0.15) is 125 Å². The van der Waals surface area contributed by atoms with Crippen LogP contribution in [0.15, 0.2) is 12.3 Å². The van der Waals surface area contributed by atoms with Crippen LogP contribution >= 0.6 is 0 Å². The Morgan fingerprint density at radius 2 is 1.75 bits per heavy atom. The molecule has 8 N–H and O–H groups in total. The Hall–Kier alpha value is -0.700. The van der Waals surface area contributed by atoms with Gasteiger partial charge >= 0.3 is 0 Å². The SMILES string of the molecule is CC/C=C\[N+](C)(CC)C1C(C(N)N)NCN1[C@@H]1O[C@H](CN(C(C)C)C2CC(CCC3NC4CCC(C5CCC5)CC4N3CCCCC)C2)[C@@H](O)[C@H]1O. The molecule has 3 aliphatic carbocycles. The van der Waals surface area contributed by atoms with E-state index in [4.69, 9.17) is 16.2 Å². The lowest BCUT2D eigenvalue weighted by Crippen LogP contribution is -2.66. The summed E-state index contributed by atoms with van der Waals surface area (Å²) in [5.74, 6) is 2.72. The zero-order valence-electron chi connectivity index (χ0n) is 33.8. The molecule has 3 saturated carbocycles. The van der Waals surface area contributed by atoms with Gasteiger partial charge in [0.15, 0.2) is 6.17 Å². The molecule has 0 amide bonds. The van der Waals surface area contributed by atoms with E-state index in [2.05, 4.69) is 79.3 Å². The number of hydrogen-bond acceptors (Lipinski definition) is 10. The number of hydrogen-bond donors (Lipinski definition) is 6. The molecule has 3 saturated heterocycles. The molecule has 3 heterocycles. The quantitative estimate of drug-likeness (QED) is 0.0705. The van der Waals surface area contributed by atoms with E-state index < -0.39 is 30.7 Å². The number of nitrogens with one attached hydrogen (secondary N) is 2. The summed E-state index contributed by atoms with van der Waals surface area (Å²) < 4.78 is 7.24. The molecule has 52 heavy (non-hydrogen) atoms. The van der Waals surface area contributed by atoms with Crippen molar-refractivity contribution in [3.8, 4) is 0 Å². The first-order valence-electron chi connectivity index (χ1n) is 21.8. The van der Waals surface area contributed by atoms with Crippen LogP contribution in [0.5, 0.6) is 0 Å². The van der Waals surface area contributed by atoms with E-state index in [1.807, 2.05) is 0 Å². The number of likely N-dealkylation sites (N-methyl/N-ethyl adjacent to an activating group) is 1. The minimum absolute atomic E-state index is 0.142. The molecule has 0 bridgehead atoms. The second-order valence-corrected chi connectivity index (χ2v) is 18.3. The maximum atomic E-state index is 11.5. The van der Waals surface area contributed by atoms with Gasteiger partial charge in [-0.15, -0.1) is 0 Å². The van der Waals surface area contributed by atoms with Crippen LogP contribution in [0.25, 0.3) is 0 Å². The number of ether oxygens (including phenoxy) is 1. The van der Waals surface area contributed by atoms with Crippen molar-refractivity contribution >= 4 is 0 Å². The van der Waals surface area contributed by atoms with E-state index in [0.29, 0.717) is 42.0 Å².